The van der Waals surface area contributed by atoms with Crippen molar-refractivity contribution in [3.63, 3.8) is 0 Å². The highest BCUT2D eigenvalue weighted by Crippen LogP contribution is 2.19. The first-order valence-corrected chi connectivity index (χ1v) is 5.61. The molecule has 1 saturated heterocycles. The SMILES string of the molecule is CC(C)CN1CCCCC1C(C)N. The van der Waals surface area contributed by atoms with E-state index in [4.69, 9.17) is 5.73 Å². The normalized spacial score (nSPS) is 27.9. The number of likely N-dealkylation sites (tertiary alicyclic amines) is 1. The van der Waals surface area contributed by atoms with Crippen LogP contribution in [0.1, 0.15) is 40.0 Å². The van der Waals surface area contributed by atoms with E-state index in [-0.39, 0.29) is 0 Å². The molecule has 2 atom stereocenters. The molecule has 0 aliphatic carbocycles. The zero-order valence-electron chi connectivity index (χ0n) is 9.29. The first-order chi connectivity index (χ1) is 6.11. The molecule has 0 aromatic carbocycles. The average Bonchev–Trinajstić information content (AvgIpc) is 2.03. The van der Waals surface area contributed by atoms with Crippen molar-refractivity contribution < 1.29 is 0 Å². The third-order valence-electron chi connectivity index (χ3n) is 2.87. The Morgan fingerprint density at radius 3 is 2.54 bits per heavy atom. The first kappa shape index (κ1) is 11.0. The Balaban J connectivity index is 2.46. The summed E-state index contributed by atoms with van der Waals surface area (Å²) in [6.45, 7) is 9.18. The number of piperidine rings is 1. The quantitative estimate of drug-likeness (QED) is 0.725. The lowest BCUT2D eigenvalue weighted by Crippen LogP contribution is -2.50. The minimum atomic E-state index is 0.332. The molecule has 2 nitrogen and oxygen atoms in total. The van der Waals surface area contributed by atoms with Crippen LogP contribution in [0.5, 0.6) is 0 Å². The lowest BCUT2D eigenvalue weighted by Gasteiger charge is -2.39. The van der Waals surface area contributed by atoms with Crippen molar-refractivity contribution in [2.45, 2.75) is 52.1 Å². The van der Waals surface area contributed by atoms with Crippen LogP contribution >= 0.6 is 0 Å². The summed E-state index contributed by atoms with van der Waals surface area (Å²) in [7, 11) is 0. The van der Waals surface area contributed by atoms with E-state index in [1.54, 1.807) is 0 Å². The summed E-state index contributed by atoms with van der Waals surface area (Å²) < 4.78 is 0. The van der Waals surface area contributed by atoms with Crippen LogP contribution < -0.4 is 5.73 Å². The zero-order chi connectivity index (χ0) is 9.84. The third-order valence-corrected chi connectivity index (χ3v) is 2.87. The lowest BCUT2D eigenvalue weighted by molar-refractivity contribution is 0.116. The summed E-state index contributed by atoms with van der Waals surface area (Å²) in [5.41, 5.74) is 5.99. The van der Waals surface area contributed by atoms with Crippen LogP contribution in [0, 0.1) is 5.92 Å². The van der Waals surface area contributed by atoms with Gasteiger partial charge in [0, 0.05) is 18.6 Å². The van der Waals surface area contributed by atoms with E-state index in [0.29, 0.717) is 12.1 Å². The maximum absolute atomic E-state index is 5.99. The molecule has 2 heteroatoms. The summed E-state index contributed by atoms with van der Waals surface area (Å²) in [6.07, 6.45) is 4.02. The van der Waals surface area contributed by atoms with Gasteiger partial charge in [0.25, 0.3) is 0 Å². The van der Waals surface area contributed by atoms with Gasteiger partial charge in [-0.1, -0.05) is 20.3 Å². The first-order valence-electron chi connectivity index (χ1n) is 5.61. The predicted octanol–water partition coefficient (Wildman–Crippen LogP) is 1.84. The van der Waals surface area contributed by atoms with Gasteiger partial charge in [-0.2, -0.15) is 0 Å². The number of nitrogens with zero attached hydrogens (tertiary/aromatic N) is 1. The van der Waals surface area contributed by atoms with Gasteiger partial charge >= 0.3 is 0 Å². The molecular weight excluding hydrogens is 160 g/mol. The predicted molar refractivity (Wildman–Crippen MR) is 57.7 cm³/mol. The number of hydrogen-bond donors (Lipinski definition) is 1. The number of rotatable bonds is 3. The minimum Gasteiger partial charge on any atom is -0.327 e. The molecule has 0 aromatic rings. The lowest BCUT2D eigenvalue weighted by atomic mass is 9.96. The molecule has 0 aromatic heterocycles. The highest BCUT2D eigenvalue weighted by atomic mass is 15.2. The van der Waals surface area contributed by atoms with E-state index in [9.17, 15) is 0 Å². The van der Waals surface area contributed by atoms with Crippen molar-refractivity contribution in [1.82, 2.24) is 4.90 Å². The Morgan fingerprint density at radius 2 is 2.00 bits per heavy atom. The molecule has 0 bridgehead atoms. The third kappa shape index (κ3) is 3.28. The Labute approximate surface area is 82.5 Å². The van der Waals surface area contributed by atoms with Gasteiger partial charge in [-0.05, 0) is 32.2 Å². The smallest absolute Gasteiger partial charge is 0.0244 e. The number of nitrogens with two attached hydrogens (primary N) is 1. The van der Waals surface area contributed by atoms with Gasteiger partial charge in [0.2, 0.25) is 0 Å². The molecule has 0 amide bonds. The fourth-order valence-corrected chi connectivity index (χ4v) is 2.31. The average molecular weight is 184 g/mol. The van der Waals surface area contributed by atoms with Crippen LogP contribution in [0.4, 0.5) is 0 Å². The zero-order valence-corrected chi connectivity index (χ0v) is 9.29. The summed E-state index contributed by atoms with van der Waals surface area (Å²) in [6, 6.07) is 0.968. The molecule has 1 heterocycles. The maximum Gasteiger partial charge on any atom is 0.0244 e. The van der Waals surface area contributed by atoms with E-state index in [1.165, 1.54) is 32.4 Å². The standard InChI is InChI=1S/C11H24N2/c1-9(2)8-13-7-5-4-6-11(13)10(3)12/h9-11H,4-8,12H2,1-3H3. The van der Waals surface area contributed by atoms with Crippen molar-refractivity contribution in [3.8, 4) is 0 Å². The molecule has 2 unspecified atom stereocenters. The Hall–Kier alpha value is -0.0800. The topological polar surface area (TPSA) is 29.3 Å². The molecule has 0 radical (unpaired) electrons. The fraction of sp³-hybridized carbons (Fsp3) is 1.00. The summed E-state index contributed by atoms with van der Waals surface area (Å²) in [4.78, 5) is 2.58. The second-order valence-electron chi connectivity index (χ2n) is 4.81. The van der Waals surface area contributed by atoms with Gasteiger partial charge in [0.05, 0.1) is 0 Å². The molecule has 2 N–H and O–H groups in total. The van der Waals surface area contributed by atoms with Gasteiger partial charge in [0.1, 0.15) is 0 Å². The van der Waals surface area contributed by atoms with E-state index in [0.717, 1.165) is 5.92 Å². The van der Waals surface area contributed by atoms with E-state index < -0.39 is 0 Å². The Kier molecular flexibility index (Phi) is 4.20. The summed E-state index contributed by atoms with van der Waals surface area (Å²) in [5, 5.41) is 0. The van der Waals surface area contributed by atoms with E-state index in [1.807, 2.05) is 0 Å². The summed E-state index contributed by atoms with van der Waals surface area (Å²) >= 11 is 0. The molecular formula is C11H24N2. The molecule has 13 heavy (non-hydrogen) atoms. The van der Waals surface area contributed by atoms with Gasteiger partial charge in [-0.15, -0.1) is 0 Å². The Morgan fingerprint density at radius 1 is 1.31 bits per heavy atom. The maximum atomic E-state index is 5.99. The summed E-state index contributed by atoms with van der Waals surface area (Å²) in [5.74, 6) is 0.763. The van der Waals surface area contributed by atoms with Crippen LogP contribution in [0.2, 0.25) is 0 Å². The van der Waals surface area contributed by atoms with Crippen LogP contribution in [-0.2, 0) is 0 Å². The van der Waals surface area contributed by atoms with Crippen molar-refractivity contribution in [1.29, 1.82) is 0 Å². The van der Waals surface area contributed by atoms with Crippen LogP contribution in [0.15, 0.2) is 0 Å². The van der Waals surface area contributed by atoms with E-state index >= 15 is 0 Å². The fourth-order valence-electron chi connectivity index (χ4n) is 2.31. The minimum absolute atomic E-state index is 0.332. The van der Waals surface area contributed by atoms with Crippen molar-refractivity contribution in [2.75, 3.05) is 13.1 Å². The van der Waals surface area contributed by atoms with E-state index in [2.05, 4.69) is 25.7 Å². The molecule has 1 fully saturated rings. The van der Waals surface area contributed by atoms with Crippen molar-refractivity contribution in [2.24, 2.45) is 11.7 Å². The van der Waals surface area contributed by atoms with Gasteiger partial charge in [-0.3, -0.25) is 4.90 Å². The highest BCUT2D eigenvalue weighted by Gasteiger charge is 2.25. The largest absolute Gasteiger partial charge is 0.327 e. The molecule has 1 rings (SSSR count). The van der Waals surface area contributed by atoms with Crippen molar-refractivity contribution in [3.05, 3.63) is 0 Å². The van der Waals surface area contributed by atoms with Gasteiger partial charge < -0.3 is 5.73 Å². The molecule has 0 spiro atoms. The second kappa shape index (κ2) is 4.97. The highest BCUT2D eigenvalue weighted by molar-refractivity contribution is 4.83. The second-order valence-corrected chi connectivity index (χ2v) is 4.81. The molecule has 78 valence electrons. The molecule has 1 aliphatic rings. The Bertz CT molecular complexity index is 143. The van der Waals surface area contributed by atoms with Crippen LogP contribution in [-0.4, -0.2) is 30.1 Å². The van der Waals surface area contributed by atoms with Gasteiger partial charge in [0.15, 0.2) is 0 Å². The van der Waals surface area contributed by atoms with Crippen molar-refractivity contribution >= 4 is 0 Å². The molecule has 0 saturated carbocycles. The molecule has 1 aliphatic heterocycles. The van der Waals surface area contributed by atoms with Crippen LogP contribution in [0.25, 0.3) is 0 Å². The number of hydrogen-bond acceptors (Lipinski definition) is 2. The monoisotopic (exact) mass is 184 g/mol. The van der Waals surface area contributed by atoms with Crippen LogP contribution in [0.3, 0.4) is 0 Å². The van der Waals surface area contributed by atoms with Gasteiger partial charge in [-0.25, -0.2) is 0 Å².